The summed E-state index contributed by atoms with van der Waals surface area (Å²) in [6.45, 7) is 6.74. The van der Waals surface area contributed by atoms with E-state index in [0.717, 1.165) is 22.1 Å². The molecule has 3 aromatic rings. The Labute approximate surface area is 145 Å². The first-order valence-corrected chi connectivity index (χ1v) is 8.55. The molecule has 2 nitrogen and oxygen atoms in total. The van der Waals surface area contributed by atoms with E-state index in [4.69, 9.17) is 16.6 Å². The van der Waals surface area contributed by atoms with E-state index < -0.39 is 0 Å². The quantitative estimate of drug-likeness (QED) is 0.550. The van der Waals surface area contributed by atoms with Gasteiger partial charge < -0.3 is 4.57 Å². The molecule has 1 aromatic heterocycles. The van der Waals surface area contributed by atoms with Crippen molar-refractivity contribution in [2.75, 3.05) is 0 Å². The fraction of sp³-hybridized carbons (Fsp3) is 0.105. The van der Waals surface area contributed by atoms with Crippen molar-refractivity contribution in [1.29, 1.82) is 0 Å². The maximum Gasteiger partial charge on any atom is 0.190 e. The number of aromatic nitrogens is 1. The predicted octanol–water partition coefficient (Wildman–Crippen LogP) is 5.60. The highest BCUT2D eigenvalue weighted by Gasteiger charge is 2.11. The third-order valence-electron chi connectivity index (χ3n) is 3.49. The summed E-state index contributed by atoms with van der Waals surface area (Å²) in [5.74, 6) is 0. The lowest BCUT2D eigenvalue weighted by atomic mass is 10.1. The van der Waals surface area contributed by atoms with Crippen molar-refractivity contribution in [2.45, 2.75) is 13.5 Å². The van der Waals surface area contributed by atoms with E-state index in [9.17, 15) is 0 Å². The molecule has 4 heteroatoms. The van der Waals surface area contributed by atoms with Gasteiger partial charge in [0, 0.05) is 16.4 Å². The molecule has 0 aliphatic rings. The van der Waals surface area contributed by atoms with Gasteiger partial charge in [0.1, 0.15) is 0 Å². The molecule has 0 bridgehead atoms. The highest BCUT2D eigenvalue weighted by molar-refractivity contribution is 7.09. The molecule has 0 unspecified atom stereocenters. The van der Waals surface area contributed by atoms with Crippen LogP contribution in [0.1, 0.15) is 4.88 Å². The highest BCUT2D eigenvalue weighted by Crippen LogP contribution is 2.25. The smallest absolute Gasteiger partial charge is 0.190 e. The van der Waals surface area contributed by atoms with Crippen molar-refractivity contribution in [2.24, 2.45) is 4.99 Å². The van der Waals surface area contributed by atoms with Gasteiger partial charge in [-0.15, -0.1) is 17.9 Å². The Hall–Kier alpha value is -2.10. The topological polar surface area (TPSA) is 17.3 Å². The first-order valence-electron chi connectivity index (χ1n) is 7.36. The van der Waals surface area contributed by atoms with Crippen LogP contribution in [0.4, 0.5) is 5.69 Å². The Morgan fingerprint density at radius 1 is 1.13 bits per heavy atom. The van der Waals surface area contributed by atoms with E-state index in [2.05, 4.69) is 42.3 Å². The summed E-state index contributed by atoms with van der Waals surface area (Å²) in [5.41, 5.74) is 3.29. The number of hydrogen-bond donors (Lipinski definition) is 0. The van der Waals surface area contributed by atoms with Crippen molar-refractivity contribution < 1.29 is 0 Å². The number of rotatable bonds is 4. The molecular weight excluding hydrogens is 324 g/mol. The fourth-order valence-corrected chi connectivity index (χ4v) is 3.64. The molecule has 0 aliphatic heterocycles. The van der Waals surface area contributed by atoms with E-state index in [-0.39, 0.29) is 0 Å². The van der Waals surface area contributed by atoms with Crippen LogP contribution in [0.15, 0.2) is 72.2 Å². The van der Waals surface area contributed by atoms with Crippen LogP contribution < -0.4 is 4.80 Å². The maximum absolute atomic E-state index is 5.95. The van der Waals surface area contributed by atoms with E-state index in [0.29, 0.717) is 0 Å². The second-order valence-electron chi connectivity index (χ2n) is 5.14. The molecule has 0 fully saturated rings. The predicted molar refractivity (Wildman–Crippen MR) is 99.4 cm³/mol. The van der Waals surface area contributed by atoms with Crippen LogP contribution in [0.3, 0.4) is 0 Å². The zero-order valence-corrected chi connectivity index (χ0v) is 14.4. The van der Waals surface area contributed by atoms with Gasteiger partial charge in [0.2, 0.25) is 0 Å². The van der Waals surface area contributed by atoms with Crippen LogP contribution in [0.2, 0.25) is 5.02 Å². The number of allylic oxidation sites excluding steroid dienone is 1. The first-order chi connectivity index (χ1) is 11.2. The number of nitrogens with zero attached hydrogens (tertiary/aromatic N) is 2. The number of halogens is 1. The van der Waals surface area contributed by atoms with Gasteiger partial charge >= 0.3 is 0 Å². The minimum absolute atomic E-state index is 0.718. The van der Waals surface area contributed by atoms with Crippen molar-refractivity contribution in [1.82, 2.24) is 4.57 Å². The lowest BCUT2D eigenvalue weighted by molar-refractivity contribution is 0.798. The van der Waals surface area contributed by atoms with E-state index >= 15 is 0 Å². The molecule has 0 amide bonds. The van der Waals surface area contributed by atoms with Crippen molar-refractivity contribution in [3.05, 3.63) is 82.0 Å². The molecule has 0 N–H and O–H groups in total. The van der Waals surface area contributed by atoms with Gasteiger partial charge in [-0.25, -0.2) is 4.99 Å². The molecule has 0 saturated carbocycles. The number of hydrogen-bond acceptors (Lipinski definition) is 2. The minimum Gasteiger partial charge on any atom is -0.312 e. The summed E-state index contributed by atoms with van der Waals surface area (Å²) in [7, 11) is 0. The van der Waals surface area contributed by atoms with Gasteiger partial charge in [-0.2, -0.15) is 0 Å². The fourth-order valence-electron chi connectivity index (χ4n) is 2.49. The van der Waals surface area contributed by atoms with Crippen LogP contribution in [-0.2, 0) is 6.54 Å². The van der Waals surface area contributed by atoms with E-state index in [1.807, 2.05) is 36.4 Å². The number of aryl methyl sites for hydroxylation is 1. The summed E-state index contributed by atoms with van der Waals surface area (Å²) in [6, 6.07) is 18.0. The summed E-state index contributed by atoms with van der Waals surface area (Å²) >= 11 is 7.64. The van der Waals surface area contributed by atoms with E-state index in [1.54, 1.807) is 11.3 Å². The average molecular weight is 341 g/mol. The Bertz CT molecular complexity index is 874. The Morgan fingerprint density at radius 3 is 2.48 bits per heavy atom. The molecule has 116 valence electrons. The lowest BCUT2D eigenvalue weighted by Gasteiger charge is -2.07. The third kappa shape index (κ3) is 3.46. The SMILES string of the molecule is C=CCn1c(-c2ccccc2)c(C)sc1=Nc1ccc(Cl)cc1. The zero-order chi connectivity index (χ0) is 16.2. The van der Waals surface area contributed by atoms with Gasteiger partial charge in [0.05, 0.1) is 11.4 Å². The molecule has 3 rings (SSSR count). The number of benzene rings is 2. The maximum atomic E-state index is 5.95. The molecule has 0 atom stereocenters. The number of thiazole rings is 1. The standard InChI is InChI=1S/C19H17ClN2S/c1-3-13-22-18(15-7-5-4-6-8-15)14(2)23-19(22)21-17-11-9-16(20)10-12-17/h3-12H,1,13H2,2H3. The van der Waals surface area contributed by atoms with Crippen LogP contribution in [0, 0.1) is 6.92 Å². The summed E-state index contributed by atoms with van der Waals surface area (Å²) in [4.78, 5) is 6.99. The van der Waals surface area contributed by atoms with Crippen molar-refractivity contribution in [3.63, 3.8) is 0 Å². The first kappa shape index (κ1) is 15.8. The molecule has 1 heterocycles. The Morgan fingerprint density at radius 2 is 1.83 bits per heavy atom. The molecule has 0 spiro atoms. The second kappa shape index (κ2) is 6.99. The molecular formula is C19H17ClN2S. The Kier molecular flexibility index (Phi) is 4.79. The van der Waals surface area contributed by atoms with Gasteiger partial charge in [-0.3, -0.25) is 0 Å². The monoisotopic (exact) mass is 340 g/mol. The molecule has 0 radical (unpaired) electrons. The summed E-state index contributed by atoms with van der Waals surface area (Å²) < 4.78 is 2.21. The normalized spacial score (nSPS) is 11.7. The van der Waals surface area contributed by atoms with Gasteiger partial charge in [-0.1, -0.05) is 48.0 Å². The van der Waals surface area contributed by atoms with Gasteiger partial charge in [0.15, 0.2) is 4.80 Å². The largest absolute Gasteiger partial charge is 0.312 e. The summed E-state index contributed by atoms with van der Waals surface area (Å²) in [6.07, 6.45) is 1.90. The van der Waals surface area contributed by atoms with Crippen LogP contribution >= 0.6 is 22.9 Å². The molecule has 2 aromatic carbocycles. The van der Waals surface area contributed by atoms with Gasteiger partial charge in [0.25, 0.3) is 0 Å². The van der Waals surface area contributed by atoms with Crippen LogP contribution in [0.25, 0.3) is 11.3 Å². The molecule has 0 saturated heterocycles. The Balaban J connectivity index is 2.18. The van der Waals surface area contributed by atoms with Crippen LogP contribution in [-0.4, -0.2) is 4.57 Å². The molecule has 23 heavy (non-hydrogen) atoms. The van der Waals surface area contributed by atoms with Crippen molar-refractivity contribution >= 4 is 28.6 Å². The lowest BCUT2D eigenvalue weighted by Crippen LogP contribution is -2.14. The van der Waals surface area contributed by atoms with E-state index in [1.165, 1.54) is 16.1 Å². The van der Waals surface area contributed by atoms with Gasteiger partial charge in [-0.05, 0) is 36.8 Å². The van der Waals surface area contributed by atoms with Crippen molar-refractivity contribution in [3.8, 4) is 11.3 Å². The third-order valence-corrected chi connectivity index (χ3v) is 4.73. The highest BCUT2D eigenvalue weighted by atomic mass is 35.5. The molecule has 0 aliphatic carbocycles. The second-order valence-corrected chi connectivity index (χ2v) is 6.76. The summed E-state index contributed by atoms with van der Waals surface area (Å²) in [5, 5.41) is 0.718. The van der Waals surface area contributed by atoms with Crippen LogP contribution in [0.5, 0.6) is 0 Å². The average Bonchev–Trinajstić information content (AvgIpc) is 2.86. The zero-order valence-electron chi connectivity index (χ0n) is 12.9. The minimum atomic E-state index is 0.718.